The van der Waals surface area contributed by atoms with Crippen molar-refractivity contribution in [2.24, 2.45) is 11.3 Å². The van der Waals surface area contributed by atoms with Gasteiger partial charge in [-0.2, -0.15) is 0 Å². The van der Waals surface area contributed by atoms with Crippen molar-refractivity contribution in [3.05, 3.63) is 23.8 Å². The lowest BCUT2D eigenvalue weighted by atomic mass is 9.62. The van der Waals surface area contributed by atoms with E-state index in [0.717, 1.165) is 12.8 Å². The summed E-state index contributed by atoms with van der Waals surface area (Å²) in [6, 6.07) is 0. The lowest BCUT2D eigenvalue weighted by Gasteiger charge is -2.45. The highest BCUT2D eigenvalue weighted by atomic mass is 16.5. The molecule has 0 radical (unpaired) electrons. The standard InChI is InChI=1S/C14H18O3/c1-9-6-7-14(3)11(8-9)4-5-12(16)13(14)17-10(2)15/h4-6,11,13H,7-8H2,1-3H3/t11-,13+,14-/m1/s1. The molecular weight excluding hydrogens is 216 g/mol. The Morgan fingerprint density at radius 3 is 2.88 bits per heavy atom. The Bertz CT molecular complexity index is 419. The largest absolute Gasteiger partial charge is 0.454 e. The zero-order chi connectivity index (χ0) is 12.6. The van der Waals surface area contributed by atoms with E-state index in [9.17, 15) is 9.59 Å². The average Bonchev–Trinajstić information content (AvgIpc) is 2.25. The summed E-state index contributed by atoms with van der Waals surface area (Å²) in [5.41, 5.74) is 1.06. The van der Waals surface area contributed by atoms with Crippen LogP contribution in [-0.4, -0.2) is 17.9 Å². The zero-order valence-electron chi connectivity index (χ0n) is 10.5. The van der Waals surface area contributed by atoms with Gasteiger partial charge in [-0.3, -0.25) is 9.59 Å². The fourth-order valence-electron chi connectivity index (χ4n) is 2.78. The molecule has 0 fully saturated rings. The SMILES string of the molecule is CC(=O)O[C@H]1C(=O)C=C[C@@H]2CC(C)=CC[C@]21C. The lowest BCUT2D eigenvalue weighted by molar-refractivity contribution is -0.162. The summed E-state index contributed by atoms with van der Waals surface area (Å²) in [5, 5.41) is 0. The Kier molecular flexibility index (Phi) is 2.94. The molecular formula is C14H18O3. The van der Waals surface area contributed by atoms with E-state index in [0.29, 0.717) is 0 Å². The summed E-state index contributed by atoms with van der Waals surface area (Å²) in [4.78, 5) is 23.0. The maximum Gasteiger partial charge on any atom is 0.303 e. The van der Waals surface area contributed by atoms with Crippen molar-refractivity contribution in [3.63, 3.8) is 0 Å². The second kappa shape index (κ2) is 4.13. The van der Waals surface area contributed by atoms with Gasteiger partial charge in [-0.25, -0.2) is 0 Å². The van der Waals surface area contributed by atoms with Crippen LogP contribution in [0.3, 0.4) is 0 Å². The first-order chi connectivity index (χ1) is 7.93. The number of rotatable bonds is 1. The molecule has 2 rings (SSSR count). The molecule has 0 bridgehead atoms. The van der Waals surface area contributed by atoms with Crippen LogP contribution in [0.2, 0.25) is 0 Å². The predicted octanol–water partition coefficient (Wildman–Crippen LogP) is 2.42. The molecule has 0 N–H and O–H groups in total. The summed E-state index contributed by atoms with van der Waals surface area (Å²) in [6.45, 7) is 5.49. The maximum atomic E-state index is 11.9. The highest BCUT2D eigenvalue weighted by Gasteiger charge is 2.48. The Labute approximate surface area is 102 Å². The highest BCUT2D eigenvalue weighted by molar-refractivity contribution is 5.96. The number of ether oxygens (including phenoxy) is 1. The quantitative estimate of drug-likeness (QED) is 0.517. The first kappa shape index (κ1) is 12.1. The third kappa shape index (κ3) is 2.06. The molecule has 0 aliphatic heterocycles. The Morgan fingerprint density at radius 1 is 1.53 bits per heavy atom. The second-order valence-electron chi connectivity index (χ2n) is 5.32. The van der Waals surface area contributed by atoms with Crippen molar-refractivity contribution < 1.29 is 14.3 Å². The third-order valence-corrected chi connectivity index (χ3v) is 3.91. The number of carbonyl (C=O) groups excluding carboxylic acids is 2. The van der Waals surface area contributed by atoms with Gasteiger partial charge in [-0.05, 0) is 31.8 Å². The normalized spacial score (nSPS) is 36.2. The average molecular weight is 234 g/mol. The Balaban J connectivity index is 2.34. The first-order valence-electron chi connectivity index (χ1n) is 5.98. The van der Waals surface area contributed by atoms with Gasteiger partial charge >= 0.3 is 5.97 Å². The minimum Gasteiger partial charge on any atom is -0.454 e. The van der Waals surface area contributed by atoms with Crippen LogP contribution in [-0.2, 0) is 14.3 Å². The monoisotopic (exact) mass is 234 g/mol. The van der Waals surface area contributed by atoms with Crippen LogP contribution in [0.5, 0.6) is 0 Å². The minimum atomic E-state index is -0.626. The number of allylic oxidation sites excluding steroid dienone is 3. The molecule has 3 heteroatoms. The molecule has 0 saturated heterocycles. The van der Waals surface area contributed by atoms with Crippen molar-refractivity contribution in [3.8, 4) is 0 Å². The zero-order valence-corrected chi connectivity index (χ0v) is 10.5. The van der Waals surface area contributed by atoms with Gasteiger partial charge in [0.1, 0.15) is 0 Å². The van der Waals surface area contributed by atoms with Crippen LogP contribution in [0, 0.1) is 11.3 Å². The van der Waals surface area contributed by atoms with E-state index in [1.807, 2.05) is 13.0 Å². The summed E-state index contributed by atoms with van der Waals surface area (Å²) in [7, 11) is 0. The highest BCUT2D eigenvalue weighted by Crippen LogP contribution is 2.47. The number of hydrogen-bond acceptors (Lipinski definition) is 3. The summed E-state index contributed by atoms with van der Waals surface area (Å²) in [5.74, 6) is -0.189. The molecule has 0 heterocycles. The molecule has 0 aromatic heterocycles. The molecule has 0 spiro atoms. The van der Waals surface area contributed by atoms with E-state index in [4.69, 9.17) is 4.74 Å². The third-order valence-electron chi connectivity index (χ3n) is 3.91. The molecule has 2 aliphatic rings. The lowest BCUT2D eigenvalue weighted by Crippen LogP contribution is -2.49. The molecule has 2 aliphatic carbocycles. The van der Waals surface area contributed by atoms with E-state index in [2.05, 4.69) is 13.0 Å². The number of esters is 1. The Morgan fingerprint density at radius 2 is 2.24 bits per heavy atom. The van der Waals surface area contributed by atoms with E-state index in [-0.39, 0.29) is 23.1 Å². The molecule has 3 atom stereocenters. The van der Waals surface area contributed by atoms with Crippen LogP contribution < -0.4 is 0 Å². The van der Waals surface area contributed by atoms with Crippen molar-refractivity contribution in [1.29, 1.82) is 0 Å². The summed E-state index contributed by atoms with van der Waals surface area (Å²) >= 11 is 0. The topological polar surface area (TPSA) is 43.4 Å². The van der Waals surface area contributed by atoms with Crippen molar-refractivity contribution in [1.82, 2.24) is 0 Å². The van der Waals surface area contributed by atoms with Crippen molar-refractivity contribution in [2.45, 2.75) is 39.7 Å². The van der Waals surface area contributed by atoms with E-state index in [1.165, 1.54) is 12.5 Å². The fraction of sp³-hybridized carbons (Fsp3) is 0.571. The fourth-order valence-corrected chi connectivity index (χ4v) is 2.78. The van der Waals surface area contributed by atoms with E-state index in [1.54, 1.807) is 6.08 Å². The van der Waals surface area contributed by atoms with Crippen LogP contribution >= 0.6 is 0 Å². The number of ketones is 1. The van der Waals surface area contributed by atoms with Gasteiger partial charge in [0.2, 0.25) is 0 Å². The smallest absolute Gasteiger partial charge is 0.303 e. The van der Waals surface area contributed by atoms with Crippen molar-refractivity contribution >= 4 is 11.8 Å². The molecule has 0 unspecified atom stereocenters. The van der Waals surface area contributed by atoms with Gasteiger partial charge in [0.05, 0.1) is 0 Å². The minimum absolute atomic E-state index is 0.0908. The first-order valence-corrected chi connectivity index (χ1v) is 5.98. The van der Waals surface area contributed by atoms with Crippen LogP contribution in [0.4, 0.5) is 0 Å². The number of fused-ring (bicyclic) bond motifs is 1. The van der Waals surface area contributed by atoms with Gasteiger partial charge in [0.15, 0.2) is 11.9 Å². The maximum absolute atomic E-state index is 11.9. The number of carbonyl (C=O) groups is 2. The van der Waals surface area contributed by atoms with Crippen molar-refractivity contribution in [2.75, 3.05) is 0 Å². The van der Waals surface area contributed by atoms with E-state index < -0.39 is 6.10 Å². The van der Waals surface area contributed by atoms with Gasteiger partial charge in [-0.1, -0.05) is 24.6 Å². The second-order valence-corrected chi connectivity index (χ2v) is 5.32. The molecule has 92 valence electrons. The molecule has 17 heavy (non-hydrogen) atoms. The Hall–Kier alpha value is -1.38. The molecule has 0 aromatic carbocycles. The summed E-state index contributed by atoms with van der Waals surface area (Å²) in [6.07, 6.45) is 6.80. The molecule has 0 aromatic rings. The molecule has 3 nitrogen and oxygen atoms in total. The number of hydrogen-bond donors (Lipinski definition) is 0. The predicted molar refractivity (Wildman–Crippen MR) is 64.3 cm³/mol. The molecule has 0 saturated carbocycles. The van der Waals surface area contributed by atoms with Gasteiger partial charge in [-0.15, -0.1) is 0 Å². The van der Waals surface area contributed by atoms with Gasteiger partial charge in [0, 0.05) is 12.3 Å². The summed E-state index contributed by atoms with van der Waals surface area (Å²) < 4.78 is 5.24. The van der Waals surface area contributed by atoms with E-state index >= 15 is 0 Å². The van der Waals surface area contributed by atoms with Gasteiger partial charge in [0.25, 0.3) is 0 Å². The van der Waals surface area contributed by atoms with Gasteiger partial charge < -0.3 is 4.74 Å². The van der Waals surface area contributed by atoms with Crippen LogP contribution in [0.1, 0.15) is 33.6 Å². The molecule has 0 amide bonds. The van der Waals surface area contributed by atoms with Crippen LogP contribution in [0.15, 0.2) is 23.8 Å². The van der Waals surface area contributed by atoms with Crippen LogP contribution in [0.25, 0.3) is 0 Å².